The third-order valence-corrected chi connectivity index (χ3v) is 1.97. The Morgan fingerprint density at radius 2 is 2.19 bits per heavy atom. The standard InChI is InChI=1S/C10H12F3NO2/c1-7(15)16-4-2-3-9-5-8(6-14-9)10(11,12)13/h5-6,14H,2-4H2,1H3. The van der Waals surface area contributed by atoms with Crippen molar-refractivity contribution in [1.82, 2.24) is 4.98 Å². The van der Waals surface area contributed by atoms with Crippen molar-refractivity contribution >= 4 is 5.97 Å². The van der Waals surface area contributed by atoms with Crippen LogP contribution in [-0.2, 0) is 22.1 Å². The highest BCUT2D eigenvalue weighted by atomic mass is 19.4. The largest absolute Gasteiger partial charge is 0.466 e. The Morgan fingerprint density at radius 3 is 2.69 bits per heavy atom. The third kappa shape index (κ3) is 3.96. The van der Waals surface area contributed by atoms with Crippen LogP contribution in [0.25, 0.3) is 0 Å². The molecule has 1 rings (SSSR count). The Balaban J connectivity index is 2.38. The van der Waals surface area contributed by atoms with Gasteiger partial charge in [0.1, 0.15) is 0 Å². The number of esters is 1. The summed E-state index contributed by atoms with van der Waals surface area (Å²) >= 11 is 0. The summed E-state index contributed by atoms with van der Waals surface area (Å²) in [6.45, 7) is 1.51. The van der Waals surface area contributed by atoms with Crippen molar-refractivity contribution in [3.63, 3.8) is 0 Å². The number of nitrogens with one attached hydrogen (secondary N) is 1. The van der Waals surface area contributed by atoms with Crippen LogP contribution in [0.15, 0.2) is 12.3 Å². The summed E-state index contributed by atoms with van der Waals surface area (Å²) < 4.78 is 41.3. The zero-order valence-electron chi connectivity index (χ0n) is 8.73. The van der Waals surface area contributed by atoms with Gasteiger partial charge in [-0.1, -0.05) is 0 Å². The topological polar surface area (TPSA) is 42.1 Å². The number of rotatable bonds is 4. The molecule has 0 bridgehead atoms. The molecule has 0 amide bonds. The van der Waals surface area contributed by atoms with E-state index in [4.69, 9.17) is 0 Å². The molecule has 0 spiro atoms. The second-order valence-corrected chi connectivity index (χ2v) is 3.35. The van der Waals surface area contributed by atoms with Gasteiger partial charge in [-0.15, -0.1) is 0 Å². The first-order valence-corrected chi connectivity index (χ1v) is 4.77. The lowest BCUT2D eigenvalue weighted by Gasteiger charge is -2.01. The SMILES string of the molecule is CC(=O)OCCCc1cc(C(F)(F)F)c[nH]1. The van der Waals surface area contributed by atoms with Crippen molar-refractivity contribution in [1.29, 1.82) is 0 Å². The second-order valence-electron chi connectivity index (χ2n) is 3.35. The number of alkyl halides is 3. The summed E-state index contributed by atoms with van der Waals surface area (Å²) in [4.78, 5) is 13.0. The van der Waals surface area contributed by atoms with Gasteiger partial charge in [-0.3, -0.25) is 4.79 Å². The molecule has 1 N–H and O–H groups in total. The highest BCUT2D eigenvalue weighted by Gasteiger charge is 2.31. The number of aromatic nitrogens is 1. The van der Waals surface area contributed by atoms with Crippen molar-refractivity contribution in [2.75, 3.05) is 6.61 Å². The first-order chi connectivity index (χ1) is 7.39. The first-order valence-electron chi connectivity index (χ1n) is 4.77. The van der Waals surface area contributed by atoms with Crippen LogP contribution in [0.2, 0.25) is 0 Å². The minimum atomic E-state index is -4.31. The number of hydrogen-bond donors (Lipinski definition) is 1. The van der Waals surface area contributed by atoms with Gasteiger partial charge in [0.15, 0.2) is 0 Å². The van der Waals surface area contributed by atoms with E-state index in [2.05, 4.69) is 9.72 Å². The maximum atomic E-state index is 12.2. The fraction of sp³-hybridized carbons (Fsp3) is 0.500. The lowest BCUT2D eigenvalue weighted by atomic mass is 10.2. The molecule has 0 aliphatic heterocycles. The Morgan fingerprint density at radius 1 is 1.50 bits per heavy atom. The monoisotopic (exact) mass is 235 g/mol. The maximum absolute atomic E-state index is 12.2. The van der Waals surface area contributed by atoms with Crippen molar-refractivity contribution in [3.05, 3.63) is 23.5 Å². The van der Waals surface area contributed by atoms with Crippen LogP contribution in [0, 0.1) is 0 Å². The van der Waals surface area contributed by atoms with Crippen molar-refractivity contribution < 1.29 is 22.7 Å². The van der Waals surface area contributed by atoms with Gasteiger partial charge in [-0.05, 0) is 18.9 Å². The van der Waals surface area contributed by atoms with Gasteiger partial charge in [0.05, 0.1) is 12.2 Å². The zero-order chi connectivity index (χ0) is 12.2. The maximum Gasteiger partial charge on any atom is 0.417 e. The normalized spacial score (nSPS) is 11.5. The van der Waals surface area contributed by atoms with Crippen LogP contribution in [-0.4, -0.2) is 17.6 Å². The number of carbonyl (C=O) groups is 1. The molecular formula is C10H12F3NO2. The molecule has 0 radical (unpaired) electrons. The third-order valence-electron chi connectivity index (χ3n) is 1.97. The molecule has 0 aliphatic rings. The van der Waals surface area contributed by atoms with Crippen molar-refractivity contribution in [3.8, 4) is 0 Å². The predicted octanol–water partition coefficient (Wildman–Crippen LogP) is 2.53. The number of carbonyl (C=O) groups excluding carboxylic acids is 1. The van der Waals surface area contributed by atoms with E-state index in [0.29, 0.717) is 18.5 Å². The predicted molar refractivity (Wildman–Crippen MR) is 50.7 cm³/mol. The van der Waals surface area contributed by atoms with Gasteiger partial charge in [0, 0.05) is 18.8 Å². The first kappa shape index (κ1) is 12.6. The van der Waals surface area contributed by atoms with Gasteiger partial charge in [-0.2, -0.15) is 13.2 Å². The molecule has 1 heterocycles. The fourth-order valence-electron chi connectivity index (χ4n) is 1.23. The summed E-state index contributed by atoms with van der Waals surface area (Å²) in [5.74, 6) is -0.387. The van der Waals surface area contributed by atoms with E-state index in [9.17, 15) is 18.0 Å². The summed E-state index contributed by atoms with van der Waals surface area (Å²) in [5, 5.41) is 0. The summed E-state index contributed by atoms with van der Waals surface area (Å²) in [6.07, 6.45) is -2.47. The minimum absolute atomic E-state index is 0.218. The number of halogens is 3. The van der Waals surface area contributed by atoms with Gasteiger partial charge >= 0.3 is 12.1 Å². The molecule has 16 heavy (non-hydrogen) atoms. The molecule has 3 nitrogen and oxygen atoms in total. The highest BCUT2D eigenvalue weighted by molar-refractivity contribution is 5.65. The number of ether oxygens (including phenoxy) is 1. The number of hydrogen-bond acceptors (Lipinski definition) is 2. The number of aromatic amines is 1. The molecule has 0 aliphatic carbocycles. The smallest absolute Gasteiger partial charge is 0.417 e. The Bertz CT molecular complexity index is 357. The van der Waals surface area contributed by atoms with Crippen LogP contribution in [0.3, 0.4) is 0 Å². The van der Waals surface area contributed by atoms with Crippen LogP contribution >= 0.6 is 0 Å². The van der Waals surface area contributed by atoms with E-state index in [-0.39, 0.29) is 12.6 Å². The average Bonchev–Trinajstić information content (AvgIpc) is 2.59. The molecule has 0 saturated heterocycles. The summed E-state index contributed by atoms with van der Waals surface area (Å²) in [7, 11) is 0. The molecular weight excluding hydrogens is 223 g/mol. The molecule has 0 saturated carbocycles. The van der Waals surface area contributed by atoms with E-state index in [1.807, 2.05) is 0 Å². The van der Waals surface area contributed by atoms with E-state index in [1.54, 1.807) is 0 Å². The molecule has 0 aromatic carbocycles. The lowest BCUT2D eigenvalue weighted by Crippen LogP contribution is -2.03. The minimum Gasteiger partial charge on any atom is -0.466 e. The van der Waals surface area contributed by atoms with Crippen LogP contribution in [0.4, 0.5) is 13.2 Å². The molecule has 1 aromatic heterocycles. The lowest BCUT2D eigenvalue weighted by molar-refractivity contribution is -0.141. The average molecular weight is 235 g/mol. The molecule has 1 aromatic rings. The molecule has 6 heteroatoms. The Labute approximate surface area is 90.6 Å². The van der Waals surface area contributed by atoms with Crippen LogP contribution in [0.5, 0.6) is 0 Å². The molecule has 0 fully saturated rings. The summed E-state index contributed by atoms with van der Waals surface area (Å²) in [5.41, 5.74) is -0.200. The van der Waals surface area contributed by atoms with E-state index < -0.39 is 11.7 Å². The van der Waals surface area contributed by atoms with E-state index >= 15 is 0 Å². The Kier molecular flexibility index (Phi) is 3.98. The van der Waals surface area contributed by atoms with Crippen LogP contribution in [0.1, 0.15) is 24.6 Å². The molecule has 0 unspecified atom stereocenters. The van der Waals surface area contributed by atoms with E-state index in [0.717, 1.165) is 12.3 Å². The number of aryl methyl sites for hydroxylation is 1. The van der Waals surface area contributed by atoms with Crippen molar-refractivity contribution in [2.45, 2.75) is 25.9 Å². The van der Waals surface area contributed by atoms with Gasteiger partial charge in [0.2, 0.25) is 0 Å². The highest BCUT2D eigenvalue weighted by Crippen LogP contribution is 2.29. The van der Waals surface area contributed by atoms with Gasteiger partial charge < -0.3 is 9.72 Å². The quantitative estimate of drug-likeness (QED) is 0.643. The number of H-pyrrole nitrogens is 1. The van der Waals surface area contributed by atoms with E-state index in [1.165, 1.54) is 6.92 Å². The second kappa shape index (κ2) is 5.05. The van der Waals surface area contributed by atoms with Crippen LogP contribution < -0.4 is 0 Å². The fourth-order valence-corrected chi connectivity index (χ4v) is 1.23. The molecule has 90 valence electrons. The van der Waals surface area contributed by atoms with Gasteiger partial charge in [-0.25, -0.2) is 0 Å². The van der Waals surface area contributed by atoms with Crippen molar-refractivity contribution in [2.24, 2.45) is 0 Å². The Hall–Kier alpha value is -1.46. The van der Waals surface area contributed by atoms with Gasteiger partial charge in [0.25, 0.3) is 0 Å². The summed E-state index contributed by atoms with van der Waals surface area (Å²) in [6, 6.07) is 1.06. The molecule has 0 atom stereocenters. The zero-order valence-corrected chi connectivity index (χ0v) is 8.73.